The maximum atomic E-state index is 14.1. The summed E-state index contributed by atoms with van der Waals surface area (Å²) in [7, 11) is -2.37. The van der Waals surface area contributed by atoms with Crippen molar-refractivity contribution < 1.29 is 22.7 Å². The zero-order valence-corrected chi connectivity index (χ0v) is 22.9. The second-order valence-electron chi connectivity index (χ2n) is 9.46. The predicted octanol–water partition coefficient (Wildman–Crippen LogP) is 4.77. The summed E-state index contributed by atoms with van der Waals surface area (Å²) in [5.74, 6) is -0.187. The van der Waals surface area contributed by atoms with E-state index in [0.717, 1.165) is 16.5 Å². The summed E-state index contributed by atoms with van der Waals surface area (Å²) in [6.07, 6.45) is 0.949. The minimum Gasteiger partial charge on any atom is -0.872 e. The molecule has 0 bridgehead atoms. The van der Waals surface area contributed by atoms with Gasteiger partial charge in [0.05, 0.1) is 23.9 Å². The summed E-state index contributed by atoms with van der Waals surface area (Å²) in [6, 6.07) is 11.0. The van der Waals surface area contributed by atoms with Crippen LogP contribution in [0.5, 0.6) is 5.75 Å². The van der Waals surface area contributed by atoms with Gasteiger partial charge in [0.15, 0.2) is 0 Å². The number of aromatic nitrogens is 1. The van der Waals surface area contributed by atoms with Crippen LogP contribution in [0.1, 0.15) is 30.9 Å². The average Bonchev–Trinajstić information content (AvgIpc) is 3.34. The molecule has 8 nitrogen and oxygen atoms in total. The Bertz CT molecular complexity index is 1440. The number of ether oxygens (including phenoxy) is 1. The lowest BCUT2D eigenvalue weighted by Crippen LogP contribution is -2.58. The largest absolute Gasteiger partial charge is 0.872 e. The van der Waals surface area contributed by atoms with Crippen LogP contribution in [-0.4, -0.2) is 42.9 Å². The van der Waals surface area contributed by atoms with E-state index >= 15 is 0 Å². The highest BCUT2D eigenvalue weighted by atomic mass is 32.2. The SMILES string of the molecule is COC1=CS(=O)(=O)N(c2cccc(F)c2)[C@@]12CCN(Cc1ccc([O-])c(-c3nscc3C)c1)[C@@H](C)C2.[NH4+]. The number of sulfonamides is 1. The van der Waals surface area contributed by atoms with Gasteiger partial charge in [-0.25, -0.2) is 12.8 Å². The molecule has 2 aliphatic heterocycles. The van der Waals surface area contributed by atoms with E-state index in [1.807, 2.05) is 24.4 Å². The van der Waals surface area contributed by atoms with Crippen LogP contribution in [0.25, 0.3) is 11.3 Å². The molecular weight excluding hydrogens is 515 g/mol. The number of aryl methyl sites for hydroxylation is 1. The number of likely N-dealkylation sites (tertiary alicyclic amines) is 1. The van der Waals surface area contributed by atoms with Crippen LogP contribution in [0, 0.1) is 12.7 Å². The highest BCUT2D eigenvalue weighted by Gasteiger charge is 2.55. The van der Waals surface area contributed by atoms with Gasteiger partial charge < -0.3 is 16.0 Å². The molecule has 0 saturated carbocycles. The van der Waals surface area contributed by atoms with Crippen LogP contribution < -0.4 is 15.6 Å². The monoisotopic (exact) mass is 546 g/mol. The number of benzene rings is 2. The summed E-state index contributed by atoms with van der Waals surface area (Å²) in [5.41, 5.74) is 2.63. The third kappa shape index (κ3) is 4.72. The van der Waals surface area contributed by atoms with E-state index < -0.39 is 21.4 Å². The van der Waals surface area contributed by atoms with Crippen LogP contribution in [0.3, 0.4) is 0 Å². The van der Waals surface area contributed by atoms with Gasteiger partial charge >= 0.3 is 0 Å². The Labute approximate surface area is 220 Å². The maximum absolute atomic E-state index is 14.1. The first kappa shape index (κ1) is 27.1. The van der Waals surface area contributed by atoms with Gasteiger partial charge in [0.1, 0.15) is 17.1 Å². The highest BCUT2D eigenvalue weighted by Crippen LogP contribution is 2.48. The smallest absolute Gasteiger partial charge is 0.261 e. The van der Waals surface area contributed by atoms with E-state index in [1.165, 1.54) is 41.1 Å². The molecule has 1 saturated heterocycles. The van der Waals surface area contributed by atoms with Gasteiger partial charge in [0.25, 0.3) is 10.0 Å². The van der Waals surface area contributed by atoms with Gasteiger partial charge in [-0.15, -0.1) is 0 Å². The van der Waals surface area contributed by atoms with E-state index in [0.29, 0.717) is 42.9 Å². The molecule has 1 aromatic heterocycles. The Morgan fingerprint density at radius 1 is 1.27 bits per heavy atom. The van der Waals surface area contributed by atoms with Crippen molar-refractivity contribution in [1.82, 2.24) is 15.4 Å². The van der Waals surface area contributed by atoms with Gasteiger partial charge in [-0.1, -0.05) is 23.9 Å². The van der Waals surface area contributed by atoms with Crippen molar-refractivity contribution in [3.63, 3.8) is 0 Å². The van der Waals surface area contributed by atoms with Crippen molar-refractivity contribution in [2.24, 2.45) is 0 Å². The van der Waals surface area contributed by atoms with Gasteiger partial charge in [0.2, 0.25) is 0 Å². The summed E-state index contributed by atoms with van der Waals surface area (Å²) < 4.78 is 51.8. The quantitative estimate of drug-likeness (QED) is 0.492. The molecule has 37 heavy (non-hydrogen) atoms. The third-order valence-corrected chi connectivity index (χ3v) is 9.45. The number of hydrogen-bond donors (Lipinski definition) is 1. The number of hydrogen-bond acceptors (Lipinski definition) is 7. The number of quaternary nitrogens is 1. The van der Waals surface area contributed by atoms with Crippen LogP contribution in [0.4, 0.5) is 10.1 Å². The molecule has 5 rings (SSSR count). The number of piperidine rings is 1. The Morgan fingerprint density at radius 3 is 2.70 bits per heavy atom. The lowest BCUT2D eigenvalue weighted by atomic mass is 9.81. The number of halogens is 1. The van der Waals surface area contributed by atoms with Crippen molar-refractivity contribution >= 4 is 27.2 Å². The van der Waals surface area contributed by atoms with E-state index in [-0.39, 0.29) is 23.6 Å². The lowest BCUT2D eigenvalue weighted by Gasteiger charge is -2.48. The second kappa shape index (κ2) is 10.1. The topological polar surface area (TPSA) is 122 Å². The molecule has 2 aliphatic rings. The first-order valence-corrected chi connectivity index (χ1v) is 14.0. The number of methoxy groups -OCH3 is 1. The fourth-order valence-corrected chi connectivity index (χ4v) is 7.94. The van der Waals surface area contributed by atoms with Crippen molar-refractivity contribution in [3.05, 3.63) is 76.0 Å². The summed E-state index contributed by atoms with van der Waals surface area (Å²) in [6.45, 7) is 5.19. The minimum atomic E-state index is -3.85. The highest BCUT2D eigenvalue weighted by molar-refractivity contribution is 7.96. The van der Waals surface area contributed by atoms with E-state index in [1.54, 1.807) is 12.1 Å². The number of anilines is 1. The van der Waals surface area contributed by atoms with Crippen LogP contribution in [0.15, 0.2) is 59.0 Å². The molecule has 2 aromatic carbocycles. The number of rotatable bonds is 5. The molecule has 0 amide bonds. The lowest BCUT2D eigenvalue weighted by molar-refractivity contribution is -0.267. The fourth-order valence-electron chi connectivity index (χ4n) is 5.43. The van der Waals surface area contributed by atoms with Gasteiger partial charge in [0, 0.05) is 24.5 Å². The standard InChI is InChI=1S/C26H28FN3O4S2.H3N/c1-17-15-35-28-25(17)22-11-19(7-8-23(22)31)14-29-10-9-26(13-18(29)2)24(34-3)16-36(32,33)30(26)21-6-4-5-20(27)12-21;/h4-8,11-12,15-16,18,31H,9-10,13-14H2,1-3H3;1H3/t18-,26+;/m0./s1. The first-order valence-electron chi connectivity index (χ1n) is 11.7. The van der Waals surface area contributed by atoms with E-state index in [4.69, 9.17) is 4.74 Å². The molecule has 11 heteroatoms. The Kier molecular flexibility index (Phi) is 7.35. The normalized spacial score (nSPS) is 23.1. The Hall–Kier alpha value is -2.99. The Morgan fingerprint density at radius 2 is 2.05 bits per heavy atom. The molecule has 0 radical (unpaired) electrons. The predicted molar refractivity (Wildman–Crippen MR) is 142 cm³/mol. The first-order chi connectivity index (χ1) is 17.1. The van der Waals surface area contributed by atoms with Crippen molar-refractivity contribution in [2.45, 2.75) is 44.8 Å². The van der Waals surface area contributed by atoms with Gasteiger partial charge in [-0.2, -0.15) is 4.37 Å². The van der Waals surface area contributed by atoms with Crippen LogP contribution in [0.2, 0.25) is 0 Å². The molecule has 0 unspecified atom stereocenters. The summed E-state index contributed by atoms with van der Waals surface area (Å²) in [4.78, 5) is 2.27. The fraction of sp³-hybridized carbons (Fsp3) is 0.346. The second-order valence-corrected chi connectivity index (χ2v) is 11.7. The van der Waals surface area contributed by atoms with Crippen molar-refractivity contribution in [1.29, 1.82) is 0 Å². The zero-order chi connectivity index (χ0) is 25.7. The van der Waals surface area contributed by atoms with Crippen LogP contribution >= 0.6 is 11.5 Å². The van der Waals surface area contributed by atoms with Crippen molar-refractivity contribution in [2.75, 3.05) is 18.0 Å². The average molecular weight is 547 g/mol. The van der Waals surface area contributed by atoms with Crippen molar-refractivity contribution in [3.8, 4) is 17.0 Å². The summed E-state index contributed by atoms with van der Waals surface area (Å²) >= 11 is 1.33. The van der Waals surface area contributed by atoms with Gasteiger partial charge in [-0.3, -0.25) is 9.21 Å². The molecule has 198 valence electrons. The molecule has 3 heterocycles. The Balaban J connectivity index is 0.00000320. The maximum Gasteiger partial charge on any atom is 0.261 e. The zero-order valence-electron chi connectivity index (χ0n) is 21.3. The third-order valence-electron chi connectivity index (χ3n) is 7.12. The molecule has 4 N–H and O–H groups in total. The van der Waals surface area contributed by atoms with E-state index in [2.05, 4.69) is 16.2 Å². The molecule has 3 aromatic rings. The number of nitrogens with zero attached hydrogens (tertiary/aromatic N) is 3. The molecule has 1 spiro atoms. The molecule has 0 aliphatic carbocycles. The van der Waals surface area contributed by atoms with Gasteiger partial charge in [-0.05, 0) is 79.2 Å². The molecule has 2 atom stereocenters. The molecular formula is C26H31FN4O4S2. The molecule has 1 fully saturated rings. The van der Waals surface area contributed by atoms with Crippen LogP contribution in [-0.2, 0) is 21.3 Å². The minimum absolute atomic E-state index is 0. The summed E-state index contributed by atoms with van der Waals surface area (Å²) in [5, 5.41) is 15.6. The van der Waals surface area contributed by atoms with E-state index in [9.17, 15) is 17.9 Å².